The number of thioether (sulfide) groups is 1. The fraction of sp³-hybridized carbons (Fsp3) is 0.150. The smallest absolute Gasteiger partial charge is 0.343 e. The molecule has 9 nitrogen and oxygen atoms in total. The van der Waals surface area contributed by atoms with Gasteiger partial charge in [-0.25, -0.2) is 4.79 Å². The van der Waals surface area contributed by atoms with E-state index in [4.69, 9.17) is 4.74 Å². The van der Waals surface area contributed by atoms with Crippen LogP contribution in [0.5, 0.6) is 5.75 Å². The number of carbonyl (C=O) groups is 3. The maximum Gasteiger partial charge on any atom is 0.343 e. The normalized spacial score (nSPS) is 14.8. The molecule has 2 aromatic carbocycles. The number of ether oxygens (including phenoxy) is 2. The minimum absolute atomic E-state index is 0.156. The van der Waals surface area contributed by atoms with Gasteiger partial charge in [-0.3, -0.25) is 24.6 Å². The van der Waals surface area contributed by atoms with Crippen LogP contribution >= 0.6 is 27.7 Å². The molecular formula is C20H15BrN2O7S. The highest BCUT2D eigenvalue weighted by Gasteiger charge is 2.36. The van der Waals surface area contributed by atoms with Gasteiger partial charge in [0.1, 0.15) is 5.75 Å². The molecule has 11 heteroatoms. The number of benzene rings is 2. The zero-order chi connectivity index (χ0) is 22.5. The molecule has 0 unspecified atom stereocenters. The van der Waals surface area contributed by atoms with Crippen molar-refractivity contribution in [2.75, 3.05) is 13.7 Å². The Balaban J connectivity index is 1.77. The van der Waals surface area contributed by atoms with E-state index in [-0.39, 0.29) is 29.3 Å². The number of methoxy groups -OCH3 is 1. The van der Waals surface area contributed by atoms with Crippen LogP contribution in [0.3, 0.4) is 0 Å². The molecule has 160 valence electrons. The van der Waals surface area contributed by atoms with E-state index in [0.717, 1.165) is 16.7 Å². The molecule has 0 aromatic heterocycles. The number of amides is 2. The van der Waals surface area contributed by atoms with Gasteiger partial charge in [-0.1, -0.05) is 24.3 Å². The number of hydrogen-bond donors (Lipinski definition) is 0. The summed E-state index contributed by atoms with van der Waals surface area (Å²) < 4.78 is 10.4. The Morgan fingerprint density at radius 3 is 2.68 bits per heavy atom. The predicted molar refractivity (Wildman–Crippen MR) is 116 cm³/mol. The molecule has 0 saturated carbocycles. The third kappa shape index (κ3) is 5.30. The van der Waals surface area contributed by atoms with Gasteiger partial charge in [-0.15, -0.1) is 0 Å². The first kappa shape index (κ1) is 22.5. The van der Waals surface area contributed by atoms with Gasteiger partial charge in [0, 0.05) is 11.6 Å². The van der Waals surface area contributed by atoms with E-state index in [2.05, 4.69) is 20.7 Å². The molecule has 1 saturated heterocycles. The monoisotopic (exact) mass is 506 g/mol. The molecule has 31 heavy (non-hydrogen) atoms. The Hall–Kier alpha value is -3.18. The van der Waals surface area contributed by atoms with E-state index in [1.54, 1.807) is 30.3 Å². The number of para-hydroxylation sites is 1. The Bertz CT molecular complexity index is 1100. The maximum atomic E-state index is 12.7. The first-order valence-corrected chi connectivity index (χ1v) is 10.4. The first-order valence-electron chi connectivity index (χ1n) is 8.77. The second kappa shape index (κ2) is 9.75. The lowest BCUT2D eigenvalue weighted by Crippen LogP contribution is -2.27. The van der Waals surface area contributed by atoms with Crippen LogP contribution in [0.2, 0.25) is 0 Å². The minimum Gasteiger partial charge on any atom is -0.481 e. The standard InChI is InChI=1S/C20H15BrN2O7S/c1-29-18(24)11-30-16-7-6-12(8-14(16)21)9-17-19(25)22(20(26)31-17)10-13-4-2-3-5-15(13)23(27)28/h2-9H,10-11H2,1H3/b17-9+. The second-order valence-electron chi connectivity index (χ2n) is 6.21. The summed E-state index contributed by atoms with van der Waals surface area (Å²) in [5.74, 6) is -0.648. The summed E-state index contributed by atoms with van der Waals surface area (Å²) in [5.41, 5.74) is 0.733. The van der Waals surface area contributed by atoms with Crippen molar-refractivity contribution in [3.8, 4) is 5.75 Å². The highest BCUT2D eigenvalue weighted by Crippen LogP contribution is 2.35. The van der Waals surface area contributed by atoms with Crippen LogP contribution in [0.1, 0.15) is 11.1 Å². The van der Waals surface area contributed by atoms with Crippen molar-refractivity contribution in [1.82, 2.24) is 4.90 Å². The third-order valence-corrected chi connectivity index (χ3v) is 5.74. The van der Waals surface area contributed by atoms with Gasteiger partial charge in [-0.05, 0) is 51.5 Å². The molecule has 1 aliphatic heterocycles. The van der Waals surface area contributed by atoms with Crippen LogP contribution in [-0.4, -0.2) is 40.7 Å². The molecule has 2 aromatic rings. The molecule has 1 fully saturated rings. The van der Waals surface area contributed by atoms with Crippen molar-refractivity contribution >= 4 is 56.6 Å². The van der Waals surface area contributed by atoms with Gasteiger partial charge in [0.2, 0.25) is 0 Å². The fourth-order valence-electron chi connectivity index (χ4n) is 2.70. The van der Waals surface area contributed by atoms with E-state index in [1.807, 2.05) is 0 Å². The van der Waals surface area contributed by atoms with Crippen LogP contribution < -0.4 is 4.74 Å². The number of imide groups is 1. The summed E-state index contributed by atoms with van der Waals surface area (Å²) in [5, 5.41) is 10.7. The van der Waals surface area contributed by atoms with Crippen LogP contribution in [0.15, 0.2) is 51.8 Å². The van der Waals surface area contributed by atoms with Crippen molar-refractivity contribution in [2.24, 2.45) is 0 Å². The first-order chi connectivity index (χ1) is 14.8. The molecule has 0 spiro atoms. The number of nitro groups is 1. The number of rotatable bonds is 7. The Kier molecular flexibility index (Phi) is 7.08. The Labute approximate surface area is 189 Å². The lowest BCUT2D eigenvalue weighted by Gasteiger charge is -2.12. The zero-order valence-corrected chi connectivity index (χ0v) is 18.5. The van der Waals surface area contributed by atoms with E-state index in [1.165, 1.54) is 25.3 Å². The summed E-state index contributed by atoms with van der Waals surface area (Å²) in [4.78, 5) is 48.1. The van der Waals surface area contributed by atoms with Crippen LogP contribution in [0.4, 0.5) is 10.5 Å². The van der Waals surface area contributed by atoms with Crippen molar-refractivity contribution in [3.05, 3.63) is 73.1 Å². The highest BCUT2D eigenvalue weighted by molar-refractivity contribution is 9.10. The predicted octanol–water partition coefficient (Wildman–Crippen LogP) is 4.15. The topological polar surface area (TPSA) is 116 Å². The molecule has 2 amide bonds. The number of halogens is 1. The molecule has 1 aliphatic rings. The SMILES string of the molecule is COC(=O)COc1ccc(/C=C2/SC(=O)N(Cc3ccccc3[N+](=O)[O-])C2=O)cc1Br. The van der Waals surface area contributed by atoms with Gasteiger partial charge >= 0.3 is 5.97 Å². The fourth-order valence-corrected chi connectivity index (χ4v) is 4.05. The second-order valence-corrected chi connectivity index (χ2v) is 8.06. The maximum absolute atomic E-state index is 12.7. The number of carbonyl (C=O) groups excluding carboxylic acids is 3. The van der Waals surface area contributed by atoms with Crippen LogP contribution in [0.25, 0.3) is 6.08 Å². The number of nitrogens with zero attached hydrogens (tertiary/aromatic N) is 2. The summed E-state index contributed by atoms with van der Waals surface area (Å²) in [6.07, 6.45) is 1.54. The molecule has 0 N–H and O–H groups in total. The van der Waals surface area contributed by atoms with Crippen molar-refractivity contribution in [3.63, 3.8) is 0 Å². The summed E-state index contributed by atoms with van der Waals surface area (Å²) >= 11 is 4.09. The molecule has 0 atom stereocenters. The summed E-state index contributed by atoms with van der Waals surface area (Å²) in [6.45, 7) is -0.442. The lowest BCUT2D eigenvalue weighted by molar-refractivity contribution is -0.385. The number of esters is 1. The summed E-state index contributed by atoms with van der Waals surface area (Å²) in [6, 6.07) is 10.9. The average Bonchev–Trinajstić information content (AvgIpc) is 3.00. The zero-order valence-electron chi connectivity index (χ0n) is 16.1. The minimum atomic E-state index is -0.550. The largest absolute Gasteiger partial charge is 0.481 e. The molecule has 1 heterocycles. The highest BCUT2D eigenvalue weighted by atomic mass is 79.9. The molecule has 0 radical (unpaired) electrons. The number of hydrogen-bond acceptors (Lipinski definition) is 8. The van der Waals surface area contributed by atoms with Gasteiger partial charge in [0.15, 0.2) is 6.61 Å². The Morgan fingerprint density at radius 2 is 2.00 bits per heavy atom. The van der Waals surface area contributed by atoms with Crippen molar-refractivity contribution < 1.29 is 28.8 Å². The van der Waals surface area contributed by atoms with Crippen LogP contribution in [-0.2, 0) is 20.9 Å². The third-order valence-electron chi connectivity index (χ3n) is 4.22. The van der Waals surface area contributed by atoms with Gasteiger partial charge in [0.25, 0.3) is 16.8 Å². The molecule has 3 rings (SSSR count). The quantitative estimate of drug-likeness (QED) is 0.238. The molecule has 0 bridgehead atoms. The van der Waals surface area contributed by atoms with Gasteiger partial charge in [0.05, 0.1) is 28.0 Å². The van der Waals surface area contributed by atoms with Crippen LogP contribution in [0, 0.1) is 10.1 Å². The van der Waals surface area contributed by atoms with Crippen molar-refractivity contribution in [1.29, 1.82) is 0 Å². The van der Waals surface area contributed by atoms with E-state index in [0.29, 0.717) is 15.8 Å². The molecular weight excluding hydrogens is 492 g/mol. The average molecular weight is 507 g/mol. The molecule has 0 aliphatic carbocycles. The number of nitro benzene ring substituents is 1. The van der Waals surface area contributed by atoms with E-state index >= 15 is 0 Å². The van der Waals surface area contributed by atoms with Gasteiger partial charge in [-0.2, -0.15) is 0 Å². The van der Waals surface area contributed by atoms with Gasteiger partial charge < -0.3 is 9.47 Å². The Morgan fingerprint density at radius 1 is 1.26 bits per heavy atom. The lowest BCUT2D eigenvalue weighted by atomic mass is 10.1. The van der Waals surface area contributed by atoms with E-state index in [9.17, 15) is 24.5 Å². The van der Waals surface area contributed by atoms with Crippen molar-refractivity contribution in [2.45, 2.75) is 6.54 Å². The van der Waals surface area contributed by atoms with E-state index < -0.39 is 22.0 Å². The summed E-state index contributed by atoms with van der Waals surface area (Å²) in [7, 11) is 1.26.